The number of thiophene rings is 1. The fourth-order valence-corrected chi connectivity index (χ4v) is 4.75. The number of hydrogen-bond donors (Lipinski definition) is 2. The molecule has 0 aliphatic heterocycles. The Balaban J connectivity index is 0.000000154. The van der Waals surface area contributed by atoms with Crippen LogP contribution >= 0.6 is 11.3 Å². The molecule has 0 radical (unpaired) electrons. The molecule has 6 nitrogen and oxygen atoms in total. The number of rotatable bonds is 0. The third-order valence-corrected chi connectivity index (χ3v) is 6.08. The average Bonchev–Trinajstić information content (AvgIpc) is 3.47. The van der Waals surface area contributed by atoms with Crippen molar-refractivity contribution in [3.63, 3.8) is 0 Å². The van der Waals surface area contributed by atoms with Crippen LogP contribution in [0.2, 0.25) is 0 Å². The lowest BCUT2D eigenvalue weighted by Crippen LogP contribution is -1.76. The third-order valence-electron chi connectivity index (χ3n) is 4.95. The smallest absolute Gasteiger partial charge is 0.180 e. The molecule has 2 aromatic carbocycles. The van der Waals surface area contributed by atoms with Gasteiger partial charge in [0, 0.05) is 37.3 Å². The maximum atomic E-state index is 4.51. The number of pyridine rings is 1. The molecule has 2 N–H and O–H groups in total. The van der Waals surface area contributed by atoms with Crippen molar-refractivity contribution in [2.75, 3.05) is 0 Å². The van der Waals surface area contributed by atoms with Crippen molar-refractivity contribution in [2.24, 2.45) is 0 Å². The molecule has 138 valence electrons. The second-order valence-electron chi connectivity index (χ2n) is 6.68. The number of imidazole rings is 1. The molecule has 0 spiro atoms. The molecule has 0 saturated heterocycles. The predicted molar refractivity (Wildman–Crippen MR) is 118 cm³/mol. The third kappa shape index (κ3) is 2.63. The Morgan fingerprint density at radius 2 is 1.72 bits per heavy atom. The molecule has 7 aromatic rings. The Morgan fingerprint density at radius 1 is 0.759 bits per heavy atom. The molecule has 0 aliphatic rings. The summed E-state index contributed by atoms with van der Waals surface area (Å²) in [7, 11) is 0. The van der Waals surface area contributed by atoms with Gasteiger partial charge >= 0.3 is 0 Å². The zero-order chi connectivity index (χ0) is 19.2. The summed E-state index contributed by atoms with van der Waals surface area (Å²) < 4.78 is 2.66. The van der Waals surface area contributed by atoms with Crippen molar-refractivity contribution < 1.29 is 0 Å². The van der Waals surface area contributed by atoms with E-state index >= 15 is 0 Å². The van der Waals surface area contributed by atoms with Crippen LogP contribution in [0.1, 0.15) is 0 Å². The van der Waals surface area contributed by atoms with E-state index in [1.807, 2.05) is 23.6 Å². The van der Waals surface area contributed by atoms with Crippen LogP contribution in [0.5, 0.6) is 0 Å². The van der Waals surface area contributed by atoms with Gasteiger partial charge in [-0.15, -0.1) is 11.3 Å². The van der Waals surface area contributed by atoms with Gasteiger partial charge in [0.2, 0.25) is 0 Å². The first-order chi connectivity index (χ1) is 14.4. The number of hydrogen-bond acceptors (Lipinski definition) is 5. The van der Waals surface area contributed by atoms with Gasteiger partial charge in [-0.05, 0) is 30.3 Å². The normalized spacial score (nSPS) is 11.4. The second kappa shape index (κ2) is 6.35. The van der Waals surface area contributed by atoms with Crippen LogP contribution in [-0.2, 0) is 0 Å². The van der Waals surface area contributed by atoms with Gasteiger partial charge in [0.1, 0.15) is 11.8 Å². The number of fused-ring (bicyclic) bond motifs is 7. The monoisotopic (exact) mass is 394 g/mol. The standard InChI is InChI=1S/C17H10N2S.C5H4N4/c1-2-6-15-10(4-1)11-8-12-14(9-16(11)20-15)19-13-5-3-7-18-17(12)13;1-4-5(8-2-6-1)9-3-7-4/h1-9,19H;1-3H,(H,6,7,8,9). The van der Waals surface area contributed by atoms with Gasteiger partial charge in [0.15, 0.2) is 5.65 Å². The lowest BCUT2D eigenvalue weighted by atomic mass is 10.1. The molecule has 7 rings (SSSR count). The predicted octanol–water partition coefficient (Wildman–Crippen LogP) is 5.44. The summed E-state index contributed by atoms with van der Waals surface area (Å²) in [6.45, 7) is 0. The molecule has 0 atom stereocenters. The van der Waals surface area contributed by atoms with Gasteiger partial charge in [-0.3, -0.25) is 4.98 Å². The molecule has 0 saturated carbocycles. The Morgan fingerprint density at radius 3 is 2.69 bits per heavy atom. The van der Waals surface area contributed by atoms with Crippen LogP contribution < -0.4 is 0 Å². The SMILES string of the molecule is c1cnc2c(c1)[nH]c1cc3sc4ccccc4c3cc12.c1ncc2[nH]cnc2n1. The van der Waals surface area contributed by atoms with E-state index in [2.05, 4.69) is 72.4 Å². The molecule has 7 heteroatoms. The quantitative estimate of drug-likeness (QED) is 0.359. The summed E-state index contributed by atoms with van der Waals surface area (Å²) in [4.78, 5) is 22.5. The number of benzene rings is 2. The first-order valence-corrected chi connectivity index (χ1v) is 9.95. The maximum absolute atomic E-state index is 4.51. The number of H-pyrrole nitrogens is 2. The van der Waals surface area contributed by atoms with Crippen LogP contribution in [0.25, 0.3) is 53.3 Å². The van der Waals surface area contributed by atoms with Gasteiger partial charge in [0.05, 0.1) is 23.6 Å². The minimum Gasteiger partial charge on any atom is -0.353 e. The van der Waals surface area contributed by atoms with Crippen molar-refractivity contribution in [1.29, 1.82) is 0 Å². The van der Waals surface area contributed by atoms with Crippen LogP contribution in [0.4, 0.5) is 0 Å². The van der Waals surface area contributed by atoms with E-state index in [1.54, 1.807) is 12.5 Å². The van der Waals surface area contributed by atoms with E-state index in [0.717, 1.165) is 22.1 Å². The van der Waals surface area contributed by atoms with Crippen molar-refractivity contribution in [1.82, 2.24) is 29.9 Å². The van der Waals surface area contributed by atoms with Gasteiger partial charge in [-0.2, -0.15) is 0 Å². The van der Waals surface area contributed by atoms with E-state index in [9.17, 15) is 0 Å². The number of aromatic nitrogens is 6. The van der Waals surface area contributed by atoms with E-state index in [1.165, 1.54) is 31.9 Å². The van der Waals surface area contributed by atoms with Crippen molar-refractivity contribution in [3.05, 3.63) is 73.6 Å². The topological polar surface area (TPSA) is 83.1 Å². The molecular formula is C22H14N6S. The number of nitrogens with zero attached hydrogens (tertiary/aromatic N) is 4. The highest BCUT2D eigenvalue weighted by atomic mass is 32.1. The summed E-state index contributed by atoms with van der Waals surface area (Å²) in [6, 6.07) is 17.1. The van der Waals surface area contributed by atoms with E-state index < -0.39 is 0 Å². The zero-order valence-electron chi connectivity index (χ0n) is 15.1. The molecule has 5 aromatic heterocycles. The van der Waals surface area contributed by atoms with Crippen molar-refractivity contribution in [2.45, 2.75) is 0 Å². The molecule has 0 unspecified atom stereocenters. The highest BCUT2D eigenvalue weighted by Crippen LogP contribution is 2.37. The number of aromatic amines is 2. The second-order valence-corrected chi connectivity index (χ2v) is 7.76. The summed E-state index contributed by atoms with van der Waals surface area (Å²) in [5, 5.41) is 3.86. The Bertz CT molecular complexity index is 1510. The summed E-state index contributed by atoms with van der Waals surface area (Å²) in [6.07, 6.45) is 6.61. The molecule has 0 fully saturated rings. The van der Waals surface area contributed by atoms with Crippen LogP contribution in [-0.4, -0.2) is 29.9 Å². The fraction of sp³-hybridized carbons (Fsp3) is 0. The maximum Gasteiger partial charge on any atom is 0.180 e. The van der Waals surface area contributed by atoms with Crippen LogP contribution in [0.15, 0.2) is 73.6 Å². The highest BCUT2D eigenvalue weighted by Gasteiger charge is 2.10. The first-order valence-electron chi connectivity index (χ1n) is 9.13. The van der Waals surface area contributed by atoms with E-state index in [-0.39, 0.29) is 0 Å². The summed E-state index contributed by atoms with van der Waals surface area (Å²) in [5.74, 6) is 0. The molecular weight excluding hydrogens is 380 g/mol. The van der Waals surface area contributed by atoms with Gasteiger partial charge in [-0.25, -0.2) is 15.0 Å². The fourth-order valence-electron chi connectivity index (χ4n) is 3.63. The molecule has 0 aliphatic carbocycles. The highest BCUT2D eigenvalue weighted by molar-refractivity contribution is 7.25. The van der Waals surface area contributed by atoms with Gasteiger partial charge in [0.25, 0.3) is 0 Å². The lowest BCUT2D eigenvalue weighted by molar-refractivity contribution is 1.20. The summed E-state index contributed by atoms with van der Waals surface area (Å²) in [5.41, 5.74) is 4.91. The van der Waals surface area contributed by atoms with Crippen molar-refractivity contribution in [3.8, 4) is 0 Å². The molecule has 5 heterocycles. The van der Waals surface area contributed by atoms with Gasteiger partial charge < -0.3 is 9.97 Å². The summed E-state index contributed by atoms with van der Waals surface area (Å²) >= 11 is 1.85. The van der Waals surface area contributed by atoms with Crippen molar-refractivity contribution >= 4 is 64.6 Å². The largest absolute Gasteiger partial charge is 0.353 e. The van der Waals surface area contributed by atoms with Crippen LogP contribution in [0.3, 0.4) is 0 Å². The van der Waals surface area contributed by atoms with E-state index in [4.69, 9.17) is 0 Å². The number of nitrogens with one attached hydrogen (secondary N) is 2. The Kier molecular flexibility index (Phi) is 3.54. The lowest BCUT2D eigenvalue weighted by Gasteiger charge is -1.93. The van der Waals surface area contributed by atoms with Gasteiger partial charge in [-0.1, -0.05) is 18.2 Å². The van der Waals surface area contributed by atoms with Crippen LogP contribution in [0, 0.1) is 0 Å². The first kappa shape index (κ1) is 16.1. The van der Waals surface area contributed by atoms with E-state index in [0.29, 0.717) is 5.65 Å². The Hall–Kier alpha value is -3.84. The molecule has 0 amide bonds. The minimum atomic E-state index is 0.713. The zero-order valence-corrected chi connectivity index (χ0v) is 15.9. The average molecular weight is 394 g/mol. The molecule has 29 heavy (non-hydrogen) atoms. The molecule has 0 bridgehead atoms. The Labute approximate surface area is 168 Å². The minimum absolute atomic E-state index is 0.713.